The van der Waals surface area contributed by atoms with E-state index in [0.29, 0.717) is 12.1 Å². The van der Waals surface area contributed by atoms with Crippen LogP contribution in [-0.4, -0.2) is 47.1 Å². The van der Waals surface area contributed by atoms with E-state index in [-0.39, 0.29) is 35.0 Å². The summed E-state index contributed by atoms with van der Waals surface area (Å²) in [6.07, 6.45) is 0. The fourth-order valence-corrected chi connectivity index (χ4v) is 3.41. The SMILES string of the molecule is CC1CN(C(CCl)C(=O)c2ccccc2)CC(Cl)C1N. The van der Waals surface area contributed by atoms with Crippen molar-refractivity contribution in [3.8, 4) is 0 Å². The molecule has 110 valence electrons. The molecule has 3 nitrogen and oxygen atoms in total. The van der Waals surface area contributed by atoms with Crippen LogP contribution in [0.25, 0.3) is 0 Å². The first-order valence-electron chi connectivity index (χ1n) is 6.83. The molecule has 1 saturated heterocycles. The van der Waals surface area contributed by atoms with Crippen molar-refractivity contribution in [3.63, 3.8) is 0 Å². The van der Waals surface area contributed by atoms with Gasteiger partial charge in [0.25, 0.3) is 0 Å². The van der Waals surface area contributed by atoms with Gasteiger partial charge in [-0.2, -0.15) is 0 Å². The number of halogens is 2. The second-order valence-corrected chi connectivity index (χ2v) is 6.29. The fraction of sp³-hybridized carbons (Fsp3) is 0.533. The van der Waals surface area contributed by atoms with Crippen LogP contribution in [0.5, 0.6) is 0 Å². The molecule has 1 aromatic rings. The van der Waals surface area contributed by atoms with Gasteiger partial charge in [0.1, 0.15) is 0 Å². The number of hydrogen-bond acceptors (Lipinski definition) is 3. The highest BCUT2D eigenvalue weighted by atomic mass is 35.5. The lowest BCUT2D eigenvalue weighted by atomic mass is 9.92. The summed E-state index contributed by atoms with van der Waals surface area (Å²) in [5, 5.41) is -0.145. The van der Waals surface area contributed by atoms with Gasteiger partial charge in [0.2, 0.25) is 0 Å². The molecule has 0 radical (unpaired) electrons. The van der Waals surface area contributed by atoms with E-state index in [1.807, 2.05) is 30.3 Å². The molecule has 0 bridgehead atoms. The lowest BCUT2D eigenvalue weighted by Gasteiger charge is -2.41. The maximum absolute atomic E-state index is 12.6. The number of ketones is 1. The Hall–Kier alpha value is -0.610. The summed E-state index contributed by atoms with van der Waals surface area (Å²) in [6, 6.07) is 8.88. The topological polar surface area (TPSA) is 46.3 Å². The number of benzene rings is 1. The van der Waals surface area contributed by atoms with Crippen LogP contribution in [-0.2, 0) is 0 Å². The third-order valence-electron chi connectivity index (χ3n) is 3.95. The van der Waals surface area contributed by atoms with E-state index < -0.39 is 0 Å². The molecule has 4 unspecified atom stereocenters. The molecule has 0 aliphatic carbocycles. The van der Waals surface area contributed by atoms with Gasteiger partial charge in [-0.15, -0.1) is 23.2 Å². The Kier molecular flexibility index (Phi) is 5.44. The van der Waals surface area contributed by atoms with Crippen molar-refractivity contribution in [2.45, 2.75) is 24.4 Å². The summed E-state index contributed by atoms with van der Waals surface area (Å²) < 4.78 is 0. The molecule has 0 aromatic heterocycles. The first-order chi connectivity index (χ1) is 9.54. The van der Waals surface area contributed by atoms with Crippen LogP contribution >= 0.6 is 23.2 Å². The van der Waals surface area contributed by atoms with E-state index in [0.717, 1.165) is 6.54 Å². The zero-order valence-corrected chi connectivity index (χ0v) is 13.0. The quantitative estimate of drug-likeness (QED) is 0.685. The van der Waals surface area contributed by atoms with Crippen LogP contribution in [0.1, 0.15) is 17.3 Å². The maximum Gasteiger partial charge on any atom is 0.181 e. The monoisotopic (exact) mass is 314 g/mol. The Labute approximate surface area is 130 Å². The zero-order valence-electron chi connectivity index (χ0n) is 11.5. The van der Waals surface area contributed by atoms with Gasteiger partial charge in [-0.1, -0.05) is 37.3 Å². The number of hydrogen-bond donors (Lipinski definition) is 1. The number of carbonyl (C=O) groups excluding carboxylic acids is 1. The van der Waals surface area contributed by atoms with Crippen molar-refractivity contribution in [3.05, 3.63) is 35.9 Å². The first-order valence-corrected chi connectivity index (χ1v) is 7.80. The predicted octanol–water partition coefficient (Wildman–Crippen LogP) is 2.36. The molecule has 1 aliphatic rings. The Bertz CT molecular complexity index is 442. The number of alkyl halides is 2. The fourth-order valence-electron chi connectivity index (χ4n) is 2.65. The third kappa shape index (κ3) is 3.34. The second-order valence-electron chi connectivity index (χ2n) is 5.42. The normalized spacial score (nSPS) is 29.1. The highest BCUT2D eigenvalue weighted by Crippen LogP contribution is 2.23. The minimum absolute atomic E-state index is 0.0317. The summed E-state index contributed by atoms with van der Waals surface area (Å²) in [4.78, 5) is 14.6. The van der Waals surface area contributed by atoms with Crippen LogP contribution in [0.15, 0.2) is 30.3 Å². The molecule has 1 aliphatic heterocycles. The van der Waals surface area contributed by atoms with Gasteiger partial charge in [0, 0.05) is 30.6 Å². The maximum atomic E-state index is 12.6. The number of likely N-dealkylation sites (tertiary alicyclic amines) is 1. The van der Waals surface area contributed by atoms with Crippen molar-refractivity contribution in [1.82, 2.24) is 4.90 Å². The molecule has 0 spiro atoms. The summed E-state index contributed by atoms with van der Waals surface area (Å²) in [6.45, 7) is 3.41. The highest BCUT2D eigenvalue weighted by molar-refractivity contribution is 6.22. The third-order valence-corrected chi connectivity index (χ3v) is 4.68. The number of carbonyl (C=O) groups is 1. The number of piperidine rings is 1. The van der Waals surface area contributed by atoms with Crippen molar-refractivity contribution < 1.29 is 4.79 Å². The molecule has 2 rings (SSSR count). The molecular formula is C15H20Cl2N2O. The summed E-state index contributed by atoms with van der Waals surface area (Å²) in [5.74, 6) is 0.562. The summed E-state index contributed by atoms with van der Waals surface area (Å²) in [7, 11) is 0. The van der Waals surface area contributed by atoms with Gasteiger partial charge in [-0.3, -0.25) is 9.69 Å². The molecule has 4 atom stereocenters. The summed E-state index contributed by atoms with van der Waals surface area (Å²) in [5.41, 5.74) is 6.72. The highest BCUT2D eigenvalue weighted by Gasteiger charge is 2.36. The number of nitrogens with two attached hydrogens (primary N) is 1. The Morgan fingerprint density at radius 3 is 2.60 bits per heavy atom. The van der Waals surface area contributed by atoms with Gasteiger partial charge in [0.05, 0.1) is 11.4 Å². The van der Waals surface area contributed by atoms with Crippen LogP contribution in [0.4, 0.5) is 0 Å². The molecular weight excluding hydrogens is 295 g/mol. The Morgan fingerprint density at radius 1 is 1.40 bits per heavy atom. The molecule has 0 amide bonds. The molecule has 5 heteroatoms. The van der Waals surface area contributed by atoms with E-state index >= 15 is 0 Å². The van der Waals surface area contributed by atoms with Crippen molar-refractivity contribution in [1.29, 1.82) is 0 Å². The lowest BCUT2D eigenvalue weighted by molar-refractivity contribution is 0.0752. The molecule has 1 heterocycles. The van der Waals surface area contributed by atoms with Gasteiger partial charge in [0.15, 0.2) is 5.78 Å². The van der Waals surface area contributed by atoms with Crippen molar-refractivity contribution >= 4 is 29.0 Å². The van der Waals surface area contributed by atoms with Gasteiger partial charge in [-0.25, -0.2) is 0 Å². The van der Waals surface area contributed by atoms with Crippen LogP contribution in [0.2, 0.25) is 0 Å². The average molecular weight is 315 g/mol. The predicted molar refractivity (Wildman–Crippen MR) is 83.6 cm³/mol. The van der Waals surface area contributed by atoms with Crippen LogP contribution in [0.3, 0.4) is 0 Å². The molecule has 1 aromatic carbocycles. The second kappa shape index (κ2) is 6.90. The van der Waals surface area contributed by atoms with E-state index in [1.54, 1.807) is 0 Å². The smallest absolute Gasteiger partial charge is 0.181 e. The molecule has 20 heavy (non-hydrogen) atoms. The largest absolute Gasteiger partial charge is 0.326 e. The lowest BCUT2D eigenvalue weighted by Crippen LogP contribution is -2.58. The zero-order chi connectivity index (χ0) is 14.7. The van der Waals surface area contributed by atoms with Gasteiger partial charge >= 0.3 is 0 Å². The van der Waals surface area contributed by atoms with E-state index in [9.17, 15) is 4.79 Å². The first kappa shape index (κ1) is 15.8. The number of nitrogens with zero attached hydrogens (tertiary/aromatic N) is 1. The minimum Gasteiger partial charge on any atom is -0.326 e. The van der Waals surface area contributed by atoms with Crippen LogP contribution < -0.4 is 5.73 Å². The van der Waals surface area contributed by atoms with E-state index in [1.165, 1.54) is 0 Å². The van der Waals surface area contributed by atoms with Crippen molar-refractivity contribution in [2.75, 3.05) is 19.0 Å². The standard InChI is InChI=1S/C15H20Cl2N2O/c1-10-8-19(9-12(17)14(10)18)13(7-16)15(20)11-5-3-2-4-6-11/h2-6,10,12-14H,7-9,18H2,1H3. The van der Waals surface area contributed by atoms with Crippen molar-refractivity contribution in [2.24, 2.45) is 11.7 Å². The van der Waals surface area contributed by atoms with Gasteiger partial charge in [-0.05, 0) is 5.92 Å². The molecule has 2 N–H and O–H groups in total. The average Bonchev–Trinajstić information content (AvgIpc) is 2.46. The Morgan fingerprint density at radius 2 is 2.05 bits per heavy atom. The number of rotatable bonds is 4. The van der Waals surface area contributed by atoms with Crippen LogP contribution in [0, 0.1) is 5.92 Å². The molecule has 1 fully saturated rings. The summed E-state index contributed by atoms with van der Waals surface area (Å²) >= 11 is 12.3. The Balaban J connectivity index is 2.14. The number of Topliss-reactive ketones (excluding diaryl/α,β-unsaturated/α-hetero) is 1. The van der Waals surface area contributed by atoms with E-state index in [4.69, 9.17) is 28.9 Å². The van der Waals surface area contributed by atoms with Gasteiger partial charge < -0.3 is 5.73 Å². The minimum atomic E-state index is -0.338. The molecule has 0 saturated carbocycles. The van der Waals surface area contributed by atoms with E-state index in [2.05, 4.69) is 11.8 Å².